The molecule has 1 N–H and O–H groups in total. The summed E-state index contributed by atoms with van der Waals surface area (Å²) in [7, 11) is 1.66. The average Bonchev–Trinajstić information content (AvgIpc) is 2.72. The fourth-order valence-corrected chi connectivity index (χ4v) is 3.00. The molecule has 0 unspecified atom stereocenters. The number of nitrogens with zero attached hydrogens (tertiary/aromatic N) is 1. The first-order valence-corrected chi connectivity index (χ1v) is 9.12. The number of piperidine rings is 1. The number of methoxy groups -OCH3 is 1. The molecule has 1 aliphatic heterocycles. The summed E-state index contributed by atoms with van der Waals surface area (Å²) >= 11 is 0. The van der Waals surface area contributed by atoms with Crippen LogP contribution in [0.1, 0.15) is 24.8 Å². The molecular weight excluding hydrogens is 328 g/mol. The largest absolute Gasteiger partial charge is 0.497 e. The van der Waals surface area contributed by atoms with Gasteiger partial charge in [-0.3, -0.25) is 4.79 Å². The molecule has 3 rings (SSSR count). The normalized spacial score (nSPS) is 14.0. The zero-order chi connectivity index (χ0) is 18.2. The summed E-state index contributed by atoms with van der Waals surface area (Å²) in [5.74, 6) is 1.65. The van der Waals surface area contributed by atoms with Gasteiger partial charge in [0.15, 0.2) is 6.61 Å². The Morgan fingerprint density at radius 3 is 2.27 bits per heavy atom. The lowest BCUT2D eigenvalue weighted by Crippen LogP contribution is -2.38. The third-order valence-corrected chi connectivity index (χ3v) is 4.58. The Morgan fingerprint density at radius 1 is 0.962 bits per heavy atom. The first-order valence-electron chi connectivity index (χ1n) is 9.12. The van der Waals surface area contributed by atoms with Crippen molar-refractivity contribution >= 4 is 11.6 Å². The number of carbonyl (C=O) groups excluding carboxylic acids is 1. The van der Waals surface area contributed by atoms with E-state index >= 15 is 0 Å². The topological polar surface area (TPSA) is 50.8 Å². The molecule has 1 amide bonds. The van der Waals surface area contributed by atoms with Crippen LogP contribution in [-0.4, -0.2) is 37.6 Å². The highest BCUT2D eigenvalue weighted by atomic mass is 16.5. The highest BCUT2D eigenvalue weighted by Crippen LogP contribution is 2.17. The number of hydrogen-bond donors (Lipinski definition) is 1. The number of ether oxygens (including phenoxy) is 2. The molecule has 1 heterocycles. The number of anilines is 1. The van der Waals surface area contributed by atoms with Crippen LogP contribution < -0.4 is 14.8 Å². The van der Waals surface area contributed by atoms with Crippen molar-refractivity contribution in [2.75, 3.05) is 32.1 Å². The molecule has 0 aromatic heterocycles. The molecule has 0 radical (unpaired) electrons. The van der Waals surface area contributed by atoms with Crippen LogP contribution in [0, 0.1) is 0 Å². The highest BCUT2D eigenvalue weighted by molar-refractivity contribution is 5.77. The molecule has 1 aliphatic rings. The SMILES string of the molecule is COc1ccc(NCc2ccc(OCC(=O)N3CCCCC3)cc2)cc1. The van der Waals surface area contributed by atoms with Gasteiger partial charge in [0.05, 0.1) is 7.11 Å². The number of carbonyl (C=O) groups is 1. The maximum atomic E-state index is 12.1. The predicted molar refractivity (Wildman–Crippen MR) is 103 cm³/mol. The lowest BCUT2D eigenvalue weighted by molar-refractivity contribution is -0.134. The van der Waals surface area contributed by atoms with E-state index in [1.807, 2.05) is 53.4 Å². The van der Waals surface area contributed by atoms with Crippen LogP contribution in [0.5, 0.6) is 11.5 Å². The first-order chi connectivity index (χ1) is 12.7. The van der Waals surface area contributed by atoms with Crippen LogP contribution >= 0.6 is 0 Å². The van der Waals surface area contributed by atoms with Gasteiger partial charge in [-0.2, -0.15) is 0 Å². The van der Waals surface area contributed by atoms with E-state index < -0.39 is 0 Å². The van der Waals surface area contributed by atoms with Gasteiger partial charge < -0.3 is 19.7 Å². The molecule has 0 saturated carbocycles. The summed E-state index contributed by atoms with van der Waals surface area (Å²) in [5.41, 5.74) is 2.19. The number of amides is 1. The van der Waals surface area contributed by atoms with Gasteiger partial charge in [0, 0.05) is 25.3 Å². The van der Waals surface area contributed by atoms with Crippen molar-refractivity contribution in [1.82, 2.24) is 4.90 Å². The van der Waals surface area contributed by atoms with E-state index in [1.54, 1.807) is 7.11 Å². The van der Waals surface area contributed by atoms with Gasteiger partial charge in [-0.25, -0.2) is 0 Å². The second-order valence-corrected chi connectivity index (χ2v) is 6.46. The summed E-state index contributed by atoms with van der Waals surface area (Å²) in [6.45, 7) is 2.55. The molecule has 26 heavy (non-hydrogen) atoms. The van der Waals surface area contributed by atoms with E-state index in [0.717, 1.165) is 55.2 Å². The lowest BCUT2D eigenvalue weighted by Gasteiger charge is -2.26. The van der Waals surface area contributed by atoms with Gasteiger partial charge >= 0.3 is 0 Å². The van der Waals surface area contributed by atoms with Crippen LogP contribution in [-0.2, 0) is 11.3 Å². The number of rotatable bonds is 7. The van der Waals surface area contributed by atoms with Gasteiger partial charge in [0.2, 0.25) is 0 Å². The molecule has 1 fully saturated rings. The Hall–Kier alpha value is -2.69. The van der Waals surface area contributed by atoms with E-state index in [-0.39, 0.29) is 12.5 Å². The number of benzene rings is 2. The minimum atomic E-state index is 0.0787. The van der Waals surface area contributed by atoms with Crippen LogP contribution in [0.3, 0.4) is 0 Å². The van der Waals surface area contributed by atoms with Crippen LogP contribution in [0.4, 0.5) is 5.69 Å². The van der Waals surface area contributed by atoms with E-state index in [1.165, 1.54) is 6.42 Å². The third kappa shape index (κ3) is 5.15. The molecule has 138 valence electrons. The minimum absolute atomic E-state index is 0.0787. The van der Waals surface area contributed by atoms with E-state index in [0.29, 0.717) is 0 Å². The quantitative estimate of drug-likeness (QED) is 0.824. The predicted octanol–water partition coefficient (Wildman–Crippen LogP) is 3.70. The van der Waals surface area contributed by atoms with Gasteiger partial charge in [-0.15, -0.1) is 0 Å². The maximum Gasteiger partial charge on any atom is 0.260 e. The number of hydrogen-bond acceptors (Lipinski definition) is 4. The summed E-state index contributed by atoms with van der Waals surface area (Å²) in [4.78, 5) is 14.0. The number of likely N-dealkylation sites (tertiary alicyclic amines) is 1. The molecular formula is C21H26N2O3. The van der Waals surface area contributed by atoms with Gasteiger partial charge in [0.1, 0.15) is 11.5 Å². The summed E-state index contributed by atoms with van der Waals surface area (Å²) < 4.78 is 10.8. The van der Waals surface area contributed by atoms with Crippen molar-refractivity contribution in [2.45, 2.75) is 25.8 Å². The summed E-state index contributed by atoms with van der Waals surface area (Å²) in [6.07, 6.45) is 3.42. The standard InChI is InChI=1S/C21H26N2O3/c1-25-19-11-7-18(8-12-19)22-15-17-5-9-20(10-6-17)26-16-21(24)23-13-3-2-4-14-23/h5-12,22H,2-4,13-16H2,1H3. The molecule has 0 atom stereocenters. The molecule has 5 nitrogen and oxygen atoms in total. The van der Waals surface area contributed by atoms with Crippen molar-refractivity contribution in [3.63, 3.8) is 0 Å². The third-order valence-electron chi connectivity index (χ3n) is 4.58. The average molecular weight is 354 g/mol. The van der Waals surface area contributed by atoms with Crippen molar-refractivity contribution in [2.24, 2.45) is 0 Å². The Balaban J connectivity index is 1.44. The van der Waals surface area contributed by atoms with Gasteiger partial charge in [-0.1, -0.05) is 12.1 Å². The first kappa shape index (κ1) is 18.1. The second-order valence-electron chi connectivity index (χ2n) is 6.46. The monoisotopic (exact) mass is 354 g/mol. The molecule has 0 bridgehead atoms. The summed E-state index contributed by atoms with van der Waals surface area (Å²) in [6, 6.07) is 15.7. The van der Waals surface area contributed by atoms with Gasteiger partial charge in [-0.05, 0) is 61.2 Å². The molecule has 0 spiro atoms. The Bertz CT molecular complexity index is 692. The van der Waals surface area contributed by atoms with Crippen LogP contribution in [0.15, 0.2) is 48.5 Å². The molecule has 2 aromatic rings. The minimum Gasteiger partial charge on any atom is -0.497 e. The van der Waals surface area contributed by atoms with Crippen LogP contribution in [0.25, 0.3) is 0 Å². The van der Waals surface area contributed by atoms with E-state index in [9.17, 15) is 4.79 Å². The van der Waals surface area contributed by atoms with Crippen molar-refractivity contribution in [3.05, 3.63) is 54.1 Å². The van der Waals surface area contributed by atoms with Crippen LogP contribution in [0.2, 0.25) is 0 Å². The highest BCUT2D eigenvalue weighted by Gasteiger charge is 2.16. The molecule has 1 saturated heterocycles. The zero-order valence-corrected chi connectivity index (χ0v) is 15.2. The van der Waals surface area contributed by atoms with Crippen molar-refractivity contribution in [3.8, 4) is 11.5 Å². The van der Waals surface area contributed by atoms with Crippen molar-refractivity contribution in [1.29, 1.82) is 0 Å². The molecule has 5 heteroatoms. The smallest absolute Gasteiger partial charge is 0.260 e. The Morgan fingerprint density at radius 2 is 1.62 bits per heavy atom. The second kappa shape index (κ2) is 9.13. The Labute approximate surface area is 154 Å². The van der Waals surface area contributed by atoms with Gasteiger partial charge in [0.25, 0.3) is 5.91 Å². The fraction of sp³-hybridized carbons (Fsp3) is 0.381. The maximum absolute atomic E-state index is 12.1. The summed E-state index contributed by atoms with van der Waals surface area (Å²) in [5, 5.41) is 3.37. The van der Waals surface area contributed by atoms with E-state index in [4.69, 9.17) is 9.47 Å². The molecule has 0 aliphatic carbocycles. The van der Waals surface area contributed by atoms with Crippen molar-refractivity contribution < 1.29 is 14.3 Å². The van der Waals surface area contributed by atoms with E-state index in [2.05, 4.69) is 5.32 Å². The Kier molecular flexibility index (Phi) is 6.36. The number of nitrogens with one attached hydrogen (secondary N) is 1. The fourth-order valence-electron chi connectivity index (χ4n) is 3.00. The molecule has 2 aromatic carbocycles. The zero-order valence-electron chi connectivity index (χ0n) is 15.2. The lowest BCUT2D eigenvalue weighted by atomic mass is 10.1.